The minimum Gasteiger partial charge on any atom is -0.354 e. The number of benzene rings is 1. The van der Waals surface area contributed by atoms with Crippen LogP contribution in [0.4, 0.5) is 5.82 Å². The lowest BCUT2D eigenvalue weighted by atomic mass is 10.0. The van der Waals surface area contributed by atoms with Crippen molar-refractivity contribution in [2.75, 3.05) is 24.5 Å². The van der Waals surface area contributed by atoms with Crippen molar-refractivity contribution in [1.29, 1.82) is 0 Å². The van der Waals surface area contributed by atoms with Crippen LogP contribution in [0.3, 0.4) is 0 Å². The van der Waals surface area contributed by atoms with Gasteiger partial charge in [-0.25, -0.2) is 18.1 Å². The Labute approximate surface area is 172 Å². The monoisotopic (exact) mass is 416 g/mol. The first-order valence-corrected chi connectivity index (χ1v) is 11.2. The van der Waals surface area contributed by atoms with E-state index in [1.54, 1.807) is 20.0 Å². The summed E-state index contributed by atoms with van der Waals surface area (Å²) in [5.41, 5.74) is 3.25. The van der Waals surface area contributed by atoms with E-state index in [-0.39, 0.29) is 23.4 Å². The topological polar surface area (TPSA) is 91.4 Å². The minimum absolute atomic E-state index is 0.0290. The standard InChI is InChI=1S/C21H28N4O3S/c1-14-11-15(2)17(4)21(16(14)3)29(27,28)23-12-20(26)24-18-8-10-25(13-18)19-7-5-6-9-22-19/h5-7,9,11,18,23H,8,10,12-13H2,1-4H3,(H,24,26). The van der Waals surface area contributed by atoms with Gasteiger partial charge < -0.3 is 10.2 Å². The van der Waals surface area contributed by atoms with Crippen molar-refractivity contribution < 1.29 is 13.2 Å². The molecule has 29 heavy (non-hydrogen) atoms. The number of pyridine rings is 1. The Morgan fingerprint density at radius 1 is 1.17 bits per heavy atom. The molecule has 2 heterocycles. The van der Waals surface area contributed by atoms with E-state index in [0.717, 1.165) is 29.9 Å². The smallest absolute Gasteiger partial charge is 0.241 e. The third-order valence-electron chi connectivity index (χ3n) is 5.52. The molecule has 0 radical (unpaired) electrons. The zero-order valence-electron chi connectivity index (χ0n) is 17.3. The number of sulfonamides is 1. The number of aromatic nitrogens is 1. The fourth-order valence-corrected chi connectivity index (χ4v) is 5.32. The van der Waals surface area contributed by atoms with Crippen LogP contribution < -0.4 is 14.9 Å². The fraction of sp³-hybridized carbons (Fsp3) is 0.429. The van der Waals surface area contributed by atoms with Gasteiger partial charge in [-0.15, -0.1) is 0 Å². The van der Waals surface area contributed by atoms with E-state index in [0.29, 0.717) is 17.7 Å². The molecule has 2 aromatic rings. The summed E-state index contributed by atoms with van der Waals surface area (Å²) in [6.45, 7) is 8.54. The van der Waals surface area contributed by atoms with E-state index in [2.05, 4.69) is 19.9 Å². The Balaban J connectivity index is 1.60. The van der Waals surface area contributed by atoms with Gasteiger partial charge in [-0.2, -0.15) is 0 Å². The Morgan fingerprint density at radius 3 is 2.48 bits per heavy atom. The summed E-state index contributed by atoms with van der Waals surface area (Å²) in [6.07, 6.45) is 2.54. The van der Waals surface area contributed by atoms with E-state index in [4.69, 9.17) is 0 Å². The maximum Gasteiger partial charge on any atom is 0.241 e. The van der Waals surface area contributed by atoms with Gasteiger partial charge in [0.15, 0.2) is 0 Å². The van der Waals surface area contributed by atoms with Crippen molar-refractivity contribution >= 4 is 21.7 Å². The lowest BCUT2D eigenvalue weighted by Crippen LogP contribution is -2.43. The van der Waals surface area contributed by atoms with Crippen molar-refractivity contribution in [3.8, 4) is 0 Å². The predicted molar refractivity (Wildman–Crippen MR) is 114 cm³/mol. The molecule has 1 fully saturated rings. The molecule has 1 aromatic carbocycles. The molecule has 1 aliphatic heterocycles. The SMILES string of the molecule is Cc1cc(C)c(C)c(S(=O)(=O)NCC(=O)NC2CCN(c3ccccn3)C2)c1C. The average molecular weight is 417 g/mol. The molecule has 1 aliphatic rings. The molecular weight excluding hydrogens is 388 g/mol. The Morgan fingerprint density at radius 2 is 1.86 bits per heavy atom. The van der Waals surface area contributed by atoms with Crippen LogP contribution >= 0.6 is 0 Å². The van der Waals surface area contributed by atoms with Crippen LogP contribution in [-0.2, 0) is 14.8 Å². The summed E-state index contributed by atoms with van der Waals surface area (Å²) in [5, 5.41) is 2.92. The lowest BCUT2D eigenvalue weighted by Gasteiger charge is -2.18. The minimum atomic E-state index is -3.78. The average Bonchev–Trinajstić information content (AvgIpc) is 3.14. The summed E-state index contributed by atoms with van der Waals surface area (Å²) >= 11 is 0. The first kappa shape index (κ1) is 21.3. The van der Waals surface area contributed by atoms with Crippen LogP contribution in [0.5, 0.6) is 0 Å². The number of carbonyl (C=O) groups excluding carboxylic acids is 1. The maximum atomic E-state index is 12.8. The van der Waals surface area contributed by atoms with Crippen LogP contribution in [0, 0.1) is 27.7 Å². The zero-order valence-corrected chi connectivity index (χ0v) is 18.1. The number of anilines is 1. The van der Waals surface area contributed by atoms with Crippen molar-refractivity contribution in [2.45, 2.75) is 45.1 Å². The molecule has 156 valence electrons. The molecule has 2 N–H and O–H groups in total. The van der Waals surface area contributed by atoms with Crippen molar-refractivity contribution in [2.24, 2.45) is 0 Å². The van der Waals surface area contributed by atoms with Gasteiger partial charge in [0.1, 0.15) is 5.82 Å². The number of carbonyl (C=O) groups is 1. The molecule has 3 rings (SSSR count). The molecule has 1 atom stereocenters. The highest BCUT2D eigenvalue weighted by Crippen LogP contribution is 2.25. The van der Waals surface area contributed by atoms with Crippen LogP contribution in [0.2, 0.25) is 0 Å². The van der Waals surface area contributed by atoms with Crippen molar-refractivity contribution in [3.05, 3.63) is 52.7 Å². The molecule has 1 aromatic heterocycles. The van der Waals surface area contributed by atoms with E-state index >= 15 is 0 Å². The first-order chi connectivity index (χ1) is 13.7. The molecule has 0 saturated carbocycles. The second-order valence-corrected chi connectivity index (χ2v) is 9.30. The molecular formula is C21H28N4O3S. The van der Waals surface area contributed by atoms with Gasteiger partial charge in [0.05, 0.1) is 11.4 Å². The number of nitrogens with one attached hydrogen (secondary N) is 2. The molecule has 1 saturated heterocycles. The number of hydrogen-bond donors (Lipinski definition) is 2. The van der Waals surface area contributed by atoms with E-state index < -0.39 is 10.0 Å². The number of rotatable bonds is 6. The van der Waals surface area contributed by atoms with Crippen molar-refractivity contribution in [1.82, 2.24) is 15.0 Å². The summed E-state index contributed by atoms with van der Waals surface area (Å²) in [7, 11) is -3.78. The highest BCUT2D eigenvalue weighted by Gasteiger charge is 2.26. The van der Waals surface area contributed by atoms with E-state index in [1.807, 2.05) is 38.1 Å². The molecule has 1 amide bonds. The highest BCUT2D eigenvalue weighted by molar-refractivity contribution is 7.89. The van der Waals surface area contributed by atoms with E-state index in [1.165, 1.54) is 0 Å². The largest absolute Gasteiger partial charge is 0.354 e. The van der Waals surface area contributed by atoms with Gasteiger partial charge in [-0.1, -0.05) is 12.1 Å². The van der Waals surface area contributed by atoms with Crippen LogP contribution in [0.1, 0.15) is 28.7 Å². The number of hydrogen-bond acceptors (Lipinski definition) is 5. The highest BCUT2D eigenvalue weighted by atomic mass is 32.2. The second kappa shape index (κ2) is 8.51. The Bertz CT molecular complexity index is 980. The molecule has 0 spiro atoms. The summed E-state index contributed by atoms with van der Waals surface area (Å²) in [5.74, 6) is 0.548. The third kappa shape index (κ3) is 4.76. The Kier molecular flexibility index (Phi) is 6.24. The maximum absolute atomic E-state index is 12.8. The first-order valence-electron chi connectivity index (χ1n) is 9.71. The summed E-state index contributed by atoms with van der Waals surface area (Å²) in [4.78, 5) is 19.1. The summed E-state index contributed by atoms with van der Waals surface area (Å²) in [6, 6.07) is 7.68. The fourth-order valence-electron chi connectivity index (χ4n) is 3.72. The van der Waals surface area contributed by atoms with Gasteiger partial charge in [-0.3, -0.25) is 4.79 Å². The molecule has 7 nitrogen and oxygen atoms in total. The Hall–Kier alpha value is -2.45. The quantitative estimate of drug-likeness (QED) is 0.751. The summed E-state index contributed by atoms with van der Waals surface area (Å²) < 4.78 is 28.2. The third-order valence-corrected chi connectivity index (χ3v) is 7.19. The normalized spacial score (nSPS) is 16.8. The molecule has 0 aliphatic carbocycles. The number of aryl methyl sites for hydroxylation is 2. The van der Waals surface area contributed by atoms with Crippen LogP contribution in [0.25, 0.3) is 0 Å². The second-order valence-electron chi connectivity index (χ2n) is 7.60. The predicted octanol–water partition coefficient (Wildman–Crippen LogP) is 1.99. The number of amides is 1. The van der Waals surface area contributed by atoms with Gasteiger partial charge in [0.2, 0.25) is 15.9 Å². The van der Waals surface area contributed by atoms with Gasteiger partial charge >= 0.3 is 0 Å². The van der Waals surface area contributed by atoms with E-state index in [9.17, 15) is 13.2 Å². The molecule has 8 heteroatoms. The van der Waals surface area contributed by atoms with Gasteiger partial charge in [0.25, 0.3) is 0 Å². The molecule has 1 unspecified atom stereocenters. The lowest BCUT2D eigenvalue weighted by molar-refractivity contribution is -0.120. The van der Waals surface area contributed by atoms with Crippen LogP contribution in [-0.4, -0.2) is 45.0 Å². The van der Waals surface area contributed by atoms with Gasteiger partial charge in [0, 0.05) is 25.3 Å². The number of nitrogens with zero attached hydrogens (tertiary/aromatic N) is 2. The van der Waals surface area contributed by atoms with Crippen molar-refractivity contribution in [3.63, 3.8) is 0 Å². The van der Waals surface area contributed by atoms with Crippen LogP contribution in [0.15, 0.2) is 35.4 Å². The zero-order chi connectivity index (χ0) is 21.2. The van der Waals surface area contributed by atoms with Gasteiger partial charge in [-0.05, 0) is 68.5 Å². The molecule has 0 bridgehead atoms.